The molecule has 4 rings (SSSR count). The summed E-state index contributed by atoms with van der Waals surface area (Å²) in [5.41, 5.74) is 1.87. The Morgan fingerprint density at radius 2 is 1.97 bits per heavy atom. The molecule has 3 aromatic rings. The molecule has 30 heavy (non-hydrogen) atoms. The van der Waals surface area contributed by atoms with Crippen molar-refractivity contribution in [3.63, 3.8) is 0 Å². The van der Waals surface area contributed by atoms with Crippen LogP contribution in [0.25, 0.3) is 10.2 Å². The molecule has 0 aliphatic carbocycles. The number of hydrogen-bond acceptors (Lipinski definition) is 6. The van der Waals surface area contributed by atoms with Gasteiger partial charge in [0.05, 0.1) is 37.0 Å². The fourth-order valence-corrected chi connectivity index (χ4v) is 4.39. The van der Waals surface area contributed by atoms with Crippen LogP contribution in [0.2, 0.25) is 0 Å². The molecule has 0 atom stereocenters. The second-order valence-corrected chi connectivity index (χ2v) is 8.00. The molecule has 0 unspecified atom stereocenters. The Balaban J connectivity index is 0.00000256. The predicted molar refractivity (Wildman–Crippen MR) is 123 cm³/mol. The number of benzene rings is 2. The third kappa shape index (κ3) is 5.49. The van der Waals surface area contributed by atoms with Gasteiger partial charge in [0.15, 0.2) is 5.13 Å². The predicted octanol–water partition coefficient (Wildman–Crippen LogP) is 3.63. The maximum Gasteiger partial charge on any atom is 0.233 e. The molecule has 1 aromatic heterocycles. The number of aromatic nitrogens is 1. The van der Waals surface area contributed by atoms with Crippen molar-refractivity contribution in [3.8, 4) is 5.75 Å². The van der Waals surface area contributed by atoms with Gasteiger partial charge in [0.2, 0.25) is 5.91 Å². The molecule has 1 saturated heterocycles. The number of anilines is 1. The van der Waals surface area contributed by atoms with Gasteiger partial charge < -0.3 is 9.47 Å². The number of nitrogens with zero attached hydrogens (tertiary/aromatic N) is 3. The zero-order valence-electron chi connectivity index (χ0n) is 17.0. The Morgan fingerprint density at radius 1 is 1.20 bits per heavy atom. The number of halogens is 1. The Labute approximate surface area is 186 Å². The van der Waals surface area contributed by atoms with E-state index in [2.05, 4.69) is 4.90 Å². The number of fused-ring (bicyclic) bond motifs is 1. The van der Waals surface area contributed by atoms with Crippen LogP contribution in [-0.4, -0.2) is 62.3 Å². The van der Waals surface area contributed by atoms with E-state index < -0.39 is 0 Å². The smallest absolute Gasteiger partial charge is 0.233 e. The second-order valence-electron chi connectivity index (χ2n) is 6.99. The van der Waals surface area contributed by atoms with Crippen molar-refractivity contribution in [1.29, 1.82) is 0 Å². The van der Waals surface area contributed by atoms with Crippen LogP contribution in [-0.2, 0) is 16.0 Å². The summed E-state index contributed by atoms with van der Waals surface area (Å²) in [5, 5.41) is 0.738. The van der Waals surface area contributed by atoms with Gasteiger partial charge >= 0.3 is 0 Å². The monoisotopic (exact) mass is 447 g/mol. The molecule has 2 heterocycles. The van der Waals surface area contributed by atoms with E-state index >= 15 is 0 Å². The Bertz CT molecular complexity index is 961. The molecule has 0 bridgehead atoms. The highest BCUT2D eigenvalue weighted by Crippen LogP contribution is 2.31. The highest BCUT2D eigenvalue weighted by Gasteiger charge is 2.22. The van der Waals surface area contributed by atoms with Gasteiger partial charge in [-0.1, -0.05) is 41.7 Å². The standard InChI is InChI=1S/C22H25N3O3S.ClH/c1-27-18-7-8-20-19(16-18)23-22(29-20)25(10-9-24-11-13-28-14-12-24)21(26)15-17-5-3-2-4-6-17;/h2-8,16H,9-15H2,1H3;1H. The van der Waals surface area contributed by atoms with Gasteiger partial charge in [-0.15, -0.1) is 12.4 Å². The quantitative estimate of drug-likeness (QED) is 0.553. The van der Waals surface area contributed by atoms with E-state index in [9.17, 15) is 4.79 Å². The van der Waals surface area contributed by atoms with E-state index in [1.807, 2.05) is 53.4 Å². The van der Waals surface area contributed by atoms with Crippen LogP contribution in [0.1, 0.15) is 5.56 Å². The van der Waals surface area contributed by atoms with E-state index in [1.54, 1.807) is 18.4 Å². The number of ether oxygens (including phenoxy) is 2. The Morgan fingerprint density at radius 3 is 2.70 bits per heavy atom. The van der Waals surface area contributed by atoms with E-state index in [4.69, 9.17) is 14.5 Å². The highest BCUT2D eigenvalue weighted by atomic mass is 35.5. The lowest BCUT2D eigenvalue weighted by molar-refractivity contribution is -0.118. The van der Waals surface area contributed by atoms with Crippen molar-refractivity contribution in [2.75, 3.05) is 51.4 Å². The van der Waals surface area contributed by atoms with Gasteiger partial charge in [-0.3, -0.25) is 14.6 Å². The topological polar surface area (TPSA) is 54.9 Å². The maximum atomic E-state index is 13.2. The molecule has 6 nitrogen and oxygen atoms in total. The van der Waals surface area contributed by atoms with Gasteiger partial charge in [0.1, 0.15) is 5.75 Å². The minimum atomic E-state index is 0. The highest BCUT2D eigenvalue weighted by molar-refractivity contribution is 7.22. The molecule has 1 aliphatic heterocycles. The number of carbonyl (C=O) groups is 1. The first-order valence-electron chi connectivity index (χ1n) is 9.82. The van der Waals surface area contributed by atoms with Crippen LogP contribution in [0.3, 0.4) is 0 Å². The zero-order valence-corrected chi connectivity index (χ0v) is 18.6. The van der Waals surface area contributed by atoms with E-state index in [1.165, 1.54) is 0 Å². The summed E-state index contributed by atoms with van der Waals surface area (Å²) in [6, 6.07) is 15.7. The largest absolute Gasteiger partial charge is 0.497 e. The zero-order chi connectivity index (χ0) is 20.1. The van der Waals surface area contributed by atoms with E-state index in [0.29, 0.717) is 13.0 Å². The fourth-order valence-electron chi connectivity index (χ4n) is 3.40. The normalized spacial score (nSPS) is 14.3. The molecule has 8 heteroatoms. The average Bonchev–Trinajstić information content (AvgIpc) is 3.18. The van der Waals surface area contributed by atoms with E-state index in [0.717, 1.165) is 59.5 Å². The minimum absolute atomic E-state index is 0. The van der Waals surface area contributed by atoms with Gasteiger partial charge in [-0.2, -0.15) is 0 Å². The molecule has 0 spiro atoms. The summed E-state index contributed by atoms with van der Waals surface area (Å²) >= 11 is 1.55. The number of hydrogen-bond donors (Lipinski definition) is 0. The van der Waals surface area contributed by atoms with Gasteiger partial charge in [0, 0.05) is 32.2 Å². The molecule has 2 aromatic carbocycles. The average molecular weight is 448 g/mol. The lowest BCUT2D eigenvalue weighted by Gasteiger charge is -2.29. The molecular weight excluding hydrogens is 422 g/mol. The van der Waals surface area contributed by atoms with Crippen LogP contribution < -0.4 is 9.64 Å². The van der Waals surface area contributed by atoms with Crippen LogP contribution in [0, 0.1) is 0 Å². The van der Waals surface area contributed by atoms with Crippen molar-refractivity contribution < 1.29 is 14.3 Å². The molecule has 1 aliphatic rings. The second kappa shape index (κ2) is 10.7. The van der Waals surface area contributed by atoms with Crippen molar-refractivity contribution in [2.45, 2.75) is 6.42 Å². The molecule has 160 valence electrons. The number of thiazole rings is 1. The number of morpholine rings is 1. The third-order valence-corrected chi connectivity index (χ3v) is 6.12. The summed E-state index contributed by atoms with van der Waals surface area (Å²) in [6.45, 7) is 4.72. The summed E-state index contributed by atoms with van der Waals surface area (Å²) < 4.78 is 11.8. The third-order valence-electron chi connectivity index (χ3n) is 5.06. The lowest BCUT2D eigenvalue weighted by atomic mass is 10.1. The fraction of sp³-hybridized carbons (Fsp3) is 0.364. The first kappa shape index (κ1) is 22.5. The molecular formula is C22H26ClN3O3S. The van der Waals surface area contributed by atoms with E-state index in [-0.39, 0.29) is 18.3 Å². The summed E-state index contributed by atoms with van der Waals surface area (Å²) in [4.78, 5) is 22.1. The number of amides is 1. The Hall–Kier alpha value is -2.19. The first-order valence-corrected chi connectivity index (χ1v) is 10.6. The van der Waals surface area contributed by atoms with Crippen LogP contribution in [0.15, 0.2) is 48.5 Å². The van der Waals surface area contributed by atoms with Crippen molar-refractivity contribution in [1.82, 2.24) is 9.88 Å². The van der Waals surface area contributed by atoms with Crippen LogP contribution in [0.4, 0.5) is 5.13 Å². The number of carbonyl (C=O) groups excluding carboxylic acids is 1. The molecule has 0 N–H and O–H groups in total. The minimum Gasteiger partial charge on any atom is -0.497 e. The van der Waals surface area contributed by atoms with Crippen LogP contribution in [0.5, 0.6) is 5.75 Å². The lowest BCUT2D eigenvalue weighted by Crippen LogP contribution is -2.43. The number of rotatable bonds is 7. The van der Waals surface area contributed by atoms with Gasteiger partial charge in [0.25, 0.3) is 0 Å². The molecule has 0 radical (unpaired) electrons. The summed E-state index contributed by atoms with van der Waals surface area (Å²) in [7, 11) is 1.65. The SMILES string of the molecule is COc1ccc2sc(N(CCN3CCOCC3)C(=O)Cc3ccccc3)nc2c1.Cl. The molecule has 0 saturated carbocycles. The Kier molecular flexibility index (Phi) is 8.04. The van der Waals surface area contributed by atoms with Crippen molar-refractivity contribution >= 4 is 45.0 Å². The number of methoxy groups -OCH3 is 1. The molecule has 1 fully saturated rings. The first-order chi connectivity index (χ1) is 14.2. The molecule has 1 amide bonds. The van der Waals surface area contributed by atoms with Crippen molar-refractivity contribution in [2.24, 2.45) is 0 Å². The summed E-state index contributed by atoms with van der Waals surface area (Å²) in [5.74, 6) is 0.834. The van der Waals surface area contributed by atoms with Crippen LogP contribution >= 0.6 is 23.7 Å². The maximum absolute atomic E-state index is 13.2. The van der Waals surface area contributed by atoms with Gasteiger partial charge in [-0.25, -0.2) is 4.98 Å². The van der Waals surface area contributed by atoms with Gasteiger partial charge in [-0.05, 0) is 17.7 Å². The van der Waals surface area contributed by atoms with Crippen molar-refractivity contribution in [3.05, 3.63) is 54.1 Å². The summed E-state index contributed by atoms with van der Waals surface area (Å²) in [6.07, 6.45) is 0.364.